The third kappa shape index (κ3) is 2.96. The molecule has 96 valence electrons. The van der Waals surface area contributed by atoms with E-state index in [0.717, 1.165) is 25.2 Å². The predicted octanol–water partition coefficient (Wildman–Crippen LogP) is 2.19. The van der Waals surface area contributed by atoms with Gasteiger partial charge in [-0.25, -0.2) is 4.98 Å². The van der Waals surface area contributed by atoms with Crippen LogP contribution in [0.15, 0.2) is 36.9 Å². The van der Waals surface area contributed by atoms with Crippen molar-refractivity contribution in [2.24, 2.45) is 0 Å². The van der Waals surface area contributed by atoms with Gasteiger partial charge in [-0.2, -0.15) is 0 Å². The second-order valence-corrected chi connectivity index (χ2v) is 4.38. The second-order valence-electron chi connectivity index (χ2n) is 4.38. The Morgan fingerprint density at radius 1 is 1.28 bits per heavy atom. The van der Waals surface area contributed by atoms with Gasteiger partial charge in [-0.1, -0.05) is 6.92 Å². The van der Waals surface area contributed by atoms with Crippen LogP contribution in [0.3, 0.4) is 0 Å². The number of hydrogen-bond acceptors (Lipinski definition) is 3. The largest absolute Gasteiger partial charge is 0.334 e. The molecule has 0 aliphatic heterocycles. The van der Waals surface area contributed by atoms with Crippen molar-refractivity contribution in [3.8, 4) is 0 Å². The number of rotatable bonds is 6. The normalized spacial score (nSPS) is 12.6. The van der Waals surface area contributed by atoms with Crippen molar-refractivity contribution in [2.45, 2.75) is 32.4 Å². The van der Waals surface area contributed by atoms with Gasteiger partial charge in [0.1, 0.15) is 5.82 Å². The summed E-state index contributed by atoms with van der Waals surface area (Å²) in [5.41, 5.74) is 1.27. The molecule has 2 heterocycles. The van der Waals surface area contributed by atoms with Crippen LogP contribution in [-0.4, -0.2) is 21.6 Å². The van der Waals surface area contributed by atoms with E-state index in [9.17, 15) is 0 Å². The summed E-state index contributed by atoms with van der Waals surface area (Å²) in [5, 5.41) is 3.35. The van der Waals surface area contributed by atoms with Crippen molar-refractivity contribution >= 4 is 0 Å². The third-order valence-electron chi connectivity index (χ3n) is 3.06. The Balaban J connectivity index is 2.15. The van der Waals surface area contributed by atoms with Gasteiger partial charge in [-0.15, -0.1) is 0 Å². The number of nitrogens with zero attached hydrogens (tertiary/aromatic N) is 3. The summed E-state index contributed by atoms with van der Waals surface area (Å²) in [4.78, 5) is 8.53. The summed E-state index contributed by atoms with van der Waals surface area (Å²) in [6.07, 6.45) is 9.65. The van der Waals surface area contributed by atoms with E-state index < -0.39 is 0 Å². The number of aryl methyl sites for hydroxylation is 1. The van der Waals surface area contributed by atoms with E-state index in [2.05, 4.69) is 45.1 Å². The molecule has 0 saturated carbocycles. The molecule has 18 heavy (non-hydrogen) atoms. The lowest BCUT2D eigenvalue weighted by Crippen LogP contribution is -2.23. The smallest absolute Gasteiger partial charge is 0.126 e. The molecule has 2 rings (SSSR count). The van der Waals surface area contributed by atoms with E-state index in [-0.39, 0.29) is 6.04 Å². The summed E-state index contributed by atoms with van der Waals surface area (Å²) >= 11 is 0. The first-order chi connectivity index (χ1) is 8.85. The van der Waals surface area contributed by atoms with E-state index in [4.69, 9.17) is 0 Å². The molecule has 0 fully saturated rings. The van der Waals surface area contributed by atoms with Crippen LogP contribution in [0.25, 0.3) is 0 Å². The molecular formula is C14H20N4. The second kappa shape index (κ2) is 6.31. The lowest BCUT2D eigenvalue weighted by Gasteiger charge is -2.17. The van der Waals surface area contributed by atoms with Crippen LogP contribution in [-0.2, 0) is 13.0 Å². The Bertz CT molecular complexity index is 464. The molecular weight excluding hydrogens is 224 g/mol. The fourth-order valence-electron chi connectivity index (χ4n) is 2.14. The van der Waals surface area contributed by atoms with Gasteiger partial charge in [0.05, 0.1) is 6.04 Å². The molecule has 4 heteroatoms. The molecule has 4 nitrogen and oxygen atoms in total. The fraction of sp³-hybridized carbons (Fsp3) is 0.429. The van der Waals surface area contributed by atoms with Gasteiger partial charge in [0, 0.05) is 31.3 Å². The third-order valence-corrected chi connectivity index (χ3v) is 3.06. The van der Waals surface area contributed by atoms with Gasteiger partial charge in [0.15, 0.2) is 0 Å². The van der Waals surface area contributed by atoms with Crippen molar-refractivity contribution in [1.29, 1.82) is 0 Å². The minimum Gasteiger partial charge on any atom is -0.334 e. The predicted molar refractivity (Wildman–Crippen MR) is 72.3 cm³/mol. The molecule has 2 aromatic heterocycles. The molecule has 0 amide bonds. The van der Waals surface area contributed by atoms with Gasteiger partial charge in [0.2, 0.25) is 0 Å². The van der Waals surface area contributed by atoms with E-state index in [0.29, 0.717) is 0 Å². The van der Waals surface area contributed by atoms with Crippen molar-refractivity contribution in [1.82, 2.24) is 19.9 Å². The lowest BCUT2D eigenvalue weighted by molar-refractivity contribution is 0.512. The van der Waals surface area contributed by atoms with Crippen molar-refractivity contribution in [3.05, 3.63) is 48.3 Å². The minimum absolute atomic E-state index is 0.244. The topological polar surface area (TPSA) is 42.7 Å². The van der Waals surface area contributed by atoms with Crippen molar-refractivity contribution in [3.63, 3.8) is 0 Å². The van der Waals surface area contributed by atoms with E-state index in [1.165, 1.54) is 5.56 Å². The minimum atomic E-state index is 0.244. The average molecular weight is 244 g/mol. The lowest BCUT2D eigenvalue weighted by atomic mass is 10.1. The quantitative estimate of drug-likeness (QED) is 0.847. The maximum atomic E-state index is 4.49. The SMILES string of the molecule is CCCn1ccnc1C(Cc1ccncc1)NC. The van der Waals surface area contributed by atoms with E-state index in [1.807, 2.05) is 25.6 Å². The van der Waals surface area contributed by atoms with Gasteiger partial charge in [0.25, 0.3) is 0 Å². The van der Waals surface area contributed by atoms with E-state index in [1.54, 1.807) is 0 Å². The summed E-state index contributed by atoms with van der Waals surface area (Å²) < 4.78 is 2.22. The Labute approximate surface area is 108 Å². The van der Waals surface area contributed by atoms with Crippen LogP contribution < -0.4 is 5.32 Å². The van der Waals surface area contributed by atoms with Crippen molar-refractivity contribution < 1.29 is 0 Å². The maximum Gasteiger partial charge on any atom is 0.126 e. The molecule has 2 aromatic rings. The number of aromatic nitrogens is 3. The highest BCUT2D eigenvalue weighted by Gasteiger charge is 2.15. The van der Waals surface area contributed by atoms with Crippen LogP contribution in [0.1, 0.15) is 30.8 Å². The number of pyridine rings is 1. The van der Waals surface area contributed by atoms with E-state index >= 15 is 0 Å². The van der Waals surface area contributed by atoms with Crippen LogP contribution in [0.2, 0.25) is 0 Å². The summed E-state index contributed by atoms with van der Waals surface area (Å²) in [7, 11) is 1.98. The first kappa shape index (κ1) is 12.8. The number of nitrogens with one attached hydrogen (secondary N) is 1. The molecule has 0 spiro atoms. The fourth-order valence-corrected chi connectivity index (χ4v) is 2.14. The summed E-state index contributed by atoms with van der Waals surface area (Å²) in [6.45, 7) is 3.20. The highest BCUT2D eigenvalue weighted by atomic mass is 15.1. The van der Waals surface area contributed by atoms with Crippen LogP contribution >= 0.6 is 0 Å². The Hall–Kier alpha value is -1.68. The molecule has 0 aromatic carbocycles. The molecule has 0 aliphatic rings. The standard InChI is InChI=1S/C14H20N4/c1-3-9-18-10-8-17-14(18)13(15-2)11-12-4-6-16-7-5-12/h4-8,10,13,15H,3,9,11H2,1-2H3. The van der Waals surface area contributed by atoms with Gasteiger partial charge in [-0.3, -0.25) is 4.98 Å². The van der Waals surface area contributed by atoms with Crippen LogP contribution in [0.5, 0.6) is 0 Å². The first-order valence-electron chi connectivity index (χ1n) is 6.42. The molecule has 0 bridgehead atoms. The zero-order chi connectivity index (χ0) is 12.8. The molecule has 1 N–H and O–H groups in total. The molecule has 1 unspecified atom stereocenters. The maximum absolute atomic E-state index is 4.49. The molecule has 1 atom stereocenters. The Kier molecular flexibility index (Phi) is 4.47. The summed E-state index contributed by atoms with van der Waals surface area (Å²) in [5.74, 6) is 1.11. The summed E-state index contributed by atoms with van der Waals surface area (Å²) in [6, 6.07) is 4.35. The van der Waals surface area contributed by atoms with Crippen molar-refractivity contribution in [2.75, 3.05) is 7.05 Å². The van der Waals surface area contributed by atoms with Crippen LogP contribution in [0.4, 0.5) is 0 Å². The Morgan fingerprint density at radius 3 is 2.72 bits per heavy atom. The zero-order valence-electron chi connectivity index (χ0n) is 11.0. The van der Waals surface area contributed by atoms with Crippen LogP contribution in [0, 0.1) is 0 Å². The zero-order valence-corrected chi connectivity index (χ0v) is 11.0. The Morgan fingerprint density at radius 2 is 2.06 bits per heavy atom. The van der Waals surface area contributed by atoms with Gasteiger partial charge < -0.3 is 9.88 Å². The average Bonchev–Trinajstić information content (AvgIpc) is 2.86. The van der Waals surface area contributed by atoms with Gasteiger partial charge in [-0.05, 0) is 37.6 Å². The highest BCUT2D eigenvalue weighted by molar-refractivity contribution is 5.14. The molecule has 0 radical (unpaired) electrons. The number of likely N-dealkylation sites (N-methyl/N-ethyl adjacent to an activating group) is 1. The number of imidazole rings is 1. The first-order valence-corrected chi connectivity index (χ1v) is 6.42. The molecule has 0 saturated heterocycles. The van der Waals surface area contributed by atoms with Gasteiger partial charge >= 0.3 is 0 Å². The monoisotopic (exact) mass is 244 g/mol. The molecule has 0 aliphatic carbocycles. The number of hydrogen-bond donors (Lipinski definition) is 1. The highest BCUT2D eigenvalue weighted by Crippen LogP contribution is 2.16.